The molecule has 1 atom stereocenters. The highest BCUT2D eigenvalue weighted by molar-refractivity contribution is 6.30. The Bertz CT molecular complexity index is 894. The van der Waals surface area contributed by atoms with E-state index in [0.717, 1.165) is 36.4 Å². The summed E-state index contributed by atoms with van der Waals surface area (Å²) in [5.74, 6) is 0.714. The maximum absolute atomic E-state index is 12.6. The van der Waals surface area contributed by atoms with Gasteiger partial charge in [0.05, 0.1) is 12.2 Å². The number of carbonyl (C=O) groups excluding carboxylic acids is 1. The van der Waals surface area contributed by atoms with Crippen LogP contribution in [0.25, 0.3) is 11.2 Å². The van der Waals surface area contributed by atoms with Crippen LogP contribution in [0.4, 0.5) is 11.5 Å². The monoisotopic (exact) mass is 356 g/mol. The molecular weight excluding hydrogens is 340 g/mol. The first kappa shape index (κ1) is 15.8. The zero-order valence-corrected chi connectivity index (χ0v) is 14.2. The molecule has 8 heteroatoms. The lowest BCUT2D eigenvalue weighted by atomic mass is 9.97. The van der Waals surface area contributed by atoms with Crippen molar-refractivity contribution in [3.63, 3.8) is 0 Å². The van der Waals surface area contributed by atoms with E-state index in [9.17, 15) is 4.79 Å². The molecule has 1 aromatic carbocycles. The summed E-state index contributed by atoms with van der Waals surface area (Å²) in [5, 5.41) is 3.61. The van der Waals surface area contributed by atoms with Crippen LogP contribution in [0.15, 0.2) is 36.9 Å². The van der Waals surface area contributed by atoms with Gasteiger partial charge in [0.1, 0.15) is 11.8 Å². The van der Waals surface area contributed by atoms with Crippen molar-refractivity contribution in [1.82, 2.24) is 19.9 Å². The fourth-order valence-electron chi connectivity index (χ4n) is 3.15. The highest BCUT2D eigenvalue weighted by Crippen LogP contribution is 2.26. The standard InChI is InChI=1S/C17H17ClN6O/c18-12-3-5-13(6-4-12)23-17(25)11-2-1-7-24(8-11)16-14-15(20-9-19-14)21-10-22-16/h3-6,9-11H,1-2,7-8H2,(H,23,25)(H,19,20,21,22). The lowest BCUT2D eigenvalue weighted by Crippen LogP contribution is -2.41. The van der Waals surface area contributed by atoms with Gasteiger partial charge in [-0.2, -0.15) is 0 Å². The van der Waals surface area contributed by atoms with Crippen LogP contribution >= 0.6 is 11.6 Å². The normalized spacial score (nSPS) is 17.6. The number of carbonyl (C=O) groups is 1. The minimum absolute atomic E-state index is 0.0157. The first-order chi connectivity index (χ1) is 12.2. The predicted octanol–water partition coefficient (Wildman–Crippen LogP) is 2.86. The van der Waals surface area contributed by atoms with Gasteiger partial charge in [0.2, 0.25) is 5.91 Å². The molecule has 0 bridgehead atoms. The first-order valence-electron chi connectivity index (χ1n) is 8.16. The van der Waals surface area contributed by atoms with Gasteiger partial charge in [-0.15, -0.1) is 0 Å². The maximum atomic E-state index is 12.6. The molecule has 25 heavy (non-hydrogen) atoms. The Balaban J connectivity index is 1.50. The van der Waals surface area contributed by atoms with Gasteiger partial charge >= 0.3 is 0 Å². The molecule has 2 N–H and O–H groups in total. The summed E-state index contributed by atoms with van der Waals surface area (Å²) in [7, 11) is 0. The molecule has 4 rings (SSSR count). The average Bonchev–Trinajstić information content (AvgIpc) is 3.12. The van der Waals surface area contributed by atoms with Crippen LogP contribution in [-0.2, 0) is 4.79 Å². The zero-order valence-electron chi connectivity index (χ0n) is 13.4. The number of benzene rings is 1. The van der Waals surface area contributed by atoms with Gasteiger partial charge in [0, 0.05) is 23.8 Å². The van der Waals surface area contributed by atoms with Gasteiger partial charge in [-0.25, -0.2) is 15.0 Å². The van der Waals surface area contributed by atoms with Crippen molar-refractivity contribution in [3.05, 3.63) is 41.9 Å². The van der Waals surface area contributed by atoms with Gasteiger partial charge in [-0.1, -0.05) is 11.6 Å². The van der Waals surface area contributed by atoms with E-state index in [1.54, 1.807) is 30.6 Å². The van der Waals surface area contributed by atoms with E-state index in [1.165, 1.54) is 6.33 Å². The minimum atomic E-state index is -0.0997. The number of H-pyrrole nitrogens is 1. The summed E-state index contributed by atoms with van der Waals surface area (Å²) < 4.78 is 0. The Kier molecular flexibility index (Phi) is 4.23. The van der Waals surface area contributed by atoms with Gasteiger partial charge in [0.15, 0.2) is 11.5 Å². The molecule has 0 saturated carbocycles. The van der Waals surface area contributed by atoms with E-state index in [1.807, 2.05) is 0 Å². The number of nitrogens with one attached hydrogen (secondary N) is 2. The fourth-order valence-corrected chi connectivity index (χ4v) is 3.28. The lowest BCUT2D eigenvalue weighted by molar-refractivity contribution is -0.120. The molecular formula is C17H17ClN6O. The molecule has 128 valence electrons. The van der Waals surface area contributed by atoms with Crippen molar-refractivity contribution in [2.75, 3.05) is 23.3 Å². The number of fused-ring (bicyclic) bond motifs is 1. The van der Waals surface area contributed by atoms with Crippen molar-refractivity contribution < 1.29 is 4.79 Å². The molecule has 3 heterocycles. The molecule has 7 nitrogen and oxygen atoms in total. The molecule has 1 fully saturated rings. The zero-order chi connectivity index (χ0) is 17.2. The third kappa shape index (κ3) is 3.28. The van der Waals surface area contributed by atoms with Crippen LogP contribution in [0.5, 0.6) is 0 Å². The third-order valence-corrected chi connectivity index (χ3v) is 4.66. The summed E-state index contributed by atoms with van der Waals surface area (Å²) in [4.78, 5) is 30.5. The van der Waals surface area contributed by atoms with Crippen LogP contribution in [0.2, 0.25) is 5.02 Å². The van der Waals surface area contributed by atoms with Crippen molar-refractivity contribution in [2.24, 2.45) is 5.92 Å². The number of nitrogens with zero attached hydrogens (tertiary/aromatic N) is 4. The van der Waals surface area contributed by atoms with Gasteiger partial charge in [0.25, 0.3) is 0 Å². The number of aromatic nitrogens is 4. The van der Waals surface area contributed by atoms with Crippen LogP contribution < -0.4 is 10.2 Å². The van der Waals surface area contributed by atoms with Crippen molar-refractivity contribution in [2.45, 2.75) is 12.8 Å². The quantitative estimate of drug-likeness (QED) is 0.753. The van der Waals surface area contributed by atoms with Crippen LogP contribution in [0, 0.1) is 5.92 Å². The van der Waals surface area contributed by atoms with E-state index < -0.39 is 0 Å². The number of amides is 1. The molecule has 3 aromatic rings. The van der Waals surface area contributed by atoms with Crippen molar-refractivity contribution >= 4 is 40.2 Å². The van der Waals surface area contributed by atoms with E-state index in [-0.39, 0.29) is 11.8 Å². The van der Waals surface area contributed by atoms with Crippen LogP contribution in [0.1, 0.15) is 12.8 Å². The molecule has 2 aromatic heterocycles. The number of piperidine rings is 1. The minimum Gasteiger partial charge on any atom is -0.354 e. The van der Waals surface area contributed by atoms with E-state index in [0.29, 0.717) is 17.2 Å². The van der Waals surface area contributed by atoms with Crippen LogP contribution in [-0.4, -0.2) is 38.9 Å². The summed E-state index contributed by atoms with van der Waals surface area (Å²) in [5.41, 5.74) is 2.20. The molecule has 0 spiro atoms. The second kappa shape index (κ2) is 6.68. The molecule has 1 aliphatic heterocycles. The van der Waals surface area contributed by atoms with Crippen LogP contribution in [0.3, 0.4) is 0 Å². The average molecular weight is 357 g/mol. The Morgan fingerprint density at radius 2 is 2.08 bits per heavy atom. The first-order valence-corrected chi connectivity index (χ1v) is 8.54. The summed E-state index contributed by atoms with van der Waals surface area (Å²) in [6.07, 6.45) is 4.90. The largest absolute Gasteiger partial charge is 0.354 e. The highest BCUT2D eigenvalue weighted by Gasteiger charge is 2.28. The van der Waals surface area contributed by atoms with Gasteiger partial charge in [-0.3, -0.25) is 4.79 Å². The molecule has 1 amide bonds. The summed E-state index contributed by atoms with van der Waals surface area (Å²) in [6, 6.07) is 7.14. The molecule has 1 aliphatic rings. The Labute approximate surface area is 149 Å². The van der Waals surface area contributed by atoms with Gasteiger partial charge in [-0.05, 0) is 37.1 Å². The smallest absolute Gasteiger partial charge is 0.229 e. The fraction of sp³-hybridized carbons (Fsp3) is 0.294. The van der Waals surface area contributed by atoms with Gasteiger partial charge < -0.3 is 15.2 Å². The van der Waals surface area contributed by atoms with E-state index in [4.69, 9.17) is 11.6 Å². The topological polar surface area (TPSA) is 86.8 Å². The number of imidazole rings is 1. The Hall–Kier alpha value is -2.67. The second-order valence-electron chi connectivity index (χ2n) is 6.08. The number of rotatable bonds is 3. The highest BCUT2D eigenvalue weighted by atomic mass is 35.5. The summed E-state index contributed by atoms with van der Waals surface area (Å²) >= 11 is 5.88. The lowest BCUT2D eigenvalue weighted by Gasteiger charge is -2.32. The van der Waals surface area contributed by atoms with Crippen molar-refractivity contribution in [3.8, 4) is 0 Å². The Morgan fingerprint density at radius 1 is 1.24 bits per heavy atom. The number of hydrogen-bond donors (Lipinski definition) is 2. The number of anilines is 2. The third-order valence-electron chi connectivity index (χ3n) is 4.41. The van der Waals surface area contributed by atoms with E-state index >= 15 is 0 Å². The molecule has 0 aliphatic carbocycles. The number of halogens is 1. The molecule has 1 unspecified atom stereocenters. The SMILES string of the molecule is O=C(Nc1ccc(Cl)cc1)C1CCCN(c2ncnc3nc[nH]c23)C1. The maximum Gasteiger partial charge on any atom is 0.229 e. The van der Waals surface area contributed by atoms with E-state index in [2.05, 4.69) is 30.2 Å². The summed E-state index contributed by atoms with van der Waals surface area (Å²) in [6.45, 7) is 1.47. The predicted molar refractivity (Wildman–Crippen MR) is 96.7 cm³/mol. The Morgan fingerprint density at radius 3 is 2.92 bits per heavy atom. The van der Waals surface area contributed by atoms with Crippen molar-refractivity contribution in [1.29, 1.82) is 0 Å². The number of hydrogen-bond acceptors (Lipinski definition) is 5. The second-order valence-corrected chi connectivity index (χ2v) is 6.52. The molecule has 1 saturated heterocycles. The molecule has 0 radical (unpaired) electrons. The number of aromatic amines is 1.